The molecule has 2 aromatic carbocycles. The molecule has 2 aromatic rings. The Bertz CT molecular complexity index is 911. The quantitative estimate of drug-likeness (QED) is 0.502. The Hall–Kier alpha value is -2.92. The fourth-order valence-electron chi connectivity index (χ4n) is 3.92. The van der Waals surface area contributed by atoms with Crippen LogP contribution in [0.2, 0.25) is 0 Å². The number of ketones is 1. The average Bonchev–Trinajstić information content (AvgIpc) is 3.31. The first-order valence-electron chi connectivity index (χ1n) is 9.58. The van der Waals surface area contributed by atoms with Crippen molar-refractivity contribution in [3.05, 3.63) is 76.9 Å². The summed E-state index contributed by atoms with van der Waals surface area (Å²) in [5.41, 5.74) is 2.55. The largest absolute Gasteiger partial charge is 0.507 e. The number of nitrogens with zero attached hydrogens (tertiary/aromatic N) is 1. The first-order chi connectivity index (χ1) is 13.6. The average molecular weight is 377 g/mol. The minimum atomic E-state index is -0.648. The molecule has 28 heavy (non-hydrogen) atoms. The van der Waals surface area contributed by atoms with Crippen LogP contribution < -0.4 is 0 Å². The SMILES string of the molecule is Cc1ccc([C@H]2/C(=C(\O)c3ccccc3)C(=O)C(=O)N2C[C@@H]2CCCO2)cc1. The van der Waals surface area contributed by atoms with E-state index < -0.39 is 17.7 Å². The van der Waals surface area contributed by atoms with Crippen molar-refractivity contribution < 1.29 is 19.4 Å². The summed E-state index contributed by atoms with van der Waals surface area (Å²) in [5.74, 6) is -1.37. The van der Waals surface area contributed by atoms with E-state index in [2.05, 4.69) is 0 Å². The molecule has 0 saturated carbocycles. The molecule has 0 aliphatic carbocycles. The second-order valence-electron chi connectivity index (χ2n) is 7.36. The summed E-state index contributed by atoms with van der Waals surface area (Å²) < 4.78 is 5.70. The molecule has 2 heterocycles. The van der Waals surface area contributed by atoms with Crippen LogP contribution in [-0.2, 0) is 14.3 Å². The van der Waals surface area contributed by atoms with Gasteiger partial charge in [0.1, 0.15) is 5.76 Å². The Kier molecular flexibility index (Phi) is 5.01. The third kappa shape index (κ3) is 3.34. The first-order valence-corrected chi connectivity index (χ1v) is 9.58. The number of Topliss-reactive ketones (excluding diaryl/α,β-unsaturated/α-hetero) is 1. The Morgan fingerprint density at radius 3 is 2.46 bits per heavy atom. The van der Waals surface area contributed by atoms with E-state index in [4.69, 9.17) is 4.74 Å². The summed E-state index contributed by atoms with van der Waals surface area (Å²) >= 11 is 0. The zero-order chi connectivity index (χ0) is 19.7. The molecule has 0 bridgehead atoms. The van der Waals surface area contributed by atoms with E-state index in [1.807, 2.05) is 37.3 Å². The molecule has 4 rings (SSSR count). The van der Waals surface area contributed by atoms with Crippen LogP contribution >= 0.6 is 0 Å². The number of hydrogen-bond donors (Lipinski definition) is 1. The Morgan fingerprint density at radius 2 is 1.82 bits per heavy atom. The van der Waals surface area contributed by atoms with Gasteiger partial charge in [0.2, 0.25) is 0 Å². The lowest BCUT2D eigenvalue weighted by Gasteiger charge is -2.27. The summed E-state index contributed by atoms with van der Waals surface area (Å²) in [7, 11) is 0. The fourth-order valence-corrected chi connectivity index (χ4v) is 3.92. The summed E-state index contributed by atoms with van der Waals surface area (Å²) in [6.45, 7) is 3.00. The van der Waals surface area contributed by atoms with Gasteiger partial charge in [0, 0.05) is 18.7 Å². The molecule has 5 heteroatoms. The summed E-state index contributed by atoms with van der Waals surface area (Å²) in [5, 5.41) is 10.9. The van der Waals surface area contributed by atoms with Crippen molar-refractivity contribution in [2.75, 3.05) is 13.2 Å². The number of ether oxygens (including phenoxy) is 1. The van der Waals surface area contributed by atoms with Gasteiger partial charge in [0.05, 0.1) is 17.7 Å². The van der Waals surface area contributed by atoms with Gasteiger partial charge in [-0.05, 0) is 25.3 Å². The monoisotopic (exact) mass is 377 g/mol. The maximum Gasteiger partial charge on any atom is 0.295 e. The van der Waals surface area contributed by atoms with Gasteiger partial charge in [-0.15, -0.1) is 0 Å². The molecule has 2 saturated heterocycles. The molecule has 5 nitrogen and oxygen atoms in total. The molecule has 2 aliphatic rings. The highest BCUT2D eigenvalue weighted by Gasteiger charge is 2.46. The van der Waals surface area contributed by atoms with Crippen molar-refractivity contribution in [2.45, 2.75) is 31.9 Å². The van der Waals surface area contributed by atoms with Crippen molar-refractivity contribution in [3.8, 4) is 0 Å². The lowest BCUT2D eigenvalue weighted by atomic mass is 9.94. The lowest BCUT2D eigenvalue weighted by Crippen LogP contribution is -2.36. The summed E-state index contributed by atoms with van der Waals surface area (Å²) in [6, 6.07) is 16.0. The number of benzene rings is 2. The highest BCUT2D eigenvalue weighted by atomic mass is 16.5. The van der Waals surface area contributed by atoms with Crippen LogP contribution in [0.3, 0.4) is 0 Å². The standard InChI is InChI=1S/C23H23NO4/c1-15-9-11-16(12-10-15)20-19(21(25)17-6-3-2-4-7-17)22(26)23(27)24(20)14-18-8-5-13-28-18/h2-4,6-7,9-12,18,20,25H,5,8,13-14H2,1H3/b21-19+/t18-,20-/m0/s1. The van der Waals surface area contributed by atoms with Crippen molar-refractivity contribution in [3.63, 3.8) is 0 Å². The minimum Gasteiger partial charge on any atom is -0.507 e. The molecule has 2 aliphatic heterocycles. The zero-order valence-electron chi connectivity index (χ0n) is 15.8. The number of hydrogen-bond acceptors (Lipinski definition) is 4. The highest BCUT2D eigenvalue weighted by molar-refractivity contribution is 6.46. The Labute approximate surface area is 164 Å². The van der Waals surface area contributed by atoms with Crippen LogP contribution in [0.15, 0.2) is 60.2 Å². The van der Waals surface area contributed by atoms with Gasteiger partial charge in [-0.25, -0.2) is 0 Å². The van der Waals surface area contributed by atoms with Crippen LogP contribution in [0.5, 0.6) is 0 Å². The topological polar surface area (TPSA) is 66.8 Å². The van der Waals surface area contributed by atoms with Gasteiger partial charge in [-0.1, -0.05) is 60.2 Å². The number of aliphatic hydroxyl groups excluding tert-OH is 1. The van der Waals surface area contributed by atoms with Crippen LogP contribution in [0.1, 0.15) is 35.6 Å². The van der Waals surface area contributed by atoms with E-state index in [0.29, 0.717) is 18.7 Å². The molecule has 1 amide bonds. The van der Waals surface area contributed by atoms with Crippen molar-refractivity contribution in [1.29, 1.82) is 0 Å². The highest BCUT2D eigenvalue weighted by Crippen LogP contribution is 2.40. The molecule has 144 valence electrons. The molecule has 1 N–H and O–H groups in total. The predicted molar refractivity (Wildman–Crippen MR) is 106 cm³/mol. The molecule has 0 unspecified atom stereocenters. The molecule has 0 aromatic heterocycles. The molecule has 0 spiro atoms. The maximum atomic E-state index is 12.9. The van der Waals surface area contributed by atoms with E-state index >= 15 is 0 Å². The Balaban J connectivity index is 1.81. The fraction of sp³-hybridized carbons (Fsp3) is 0.304. The molecule has 2 fully saturated rings. The number of carbonyl (C=O) groups excluding carboxylic acids is 2. The van der Waals surface area contributed by atoms with Gasteiger partial charge in [-0.2, -0.15) is 0 Å². The van der Waals surface area contributed by atoms with E-state index in [0.717, 1.165) is 24.0 Å². The van der Waals surface area contributed by atoms with Crippen LogP contribution in [0.25, 0.3) is 5.76 Å². The third-order valence-corrected chi connectivity index (χ3v) is 5.40. The number of aryl methyl sites for hydroxylation is 1. The molecular weight excluding hydrogens is 354 g/mol. The predicted octanol–water partition coefficient (Wildman–Crippen LogP) is 3.60. The van der Waals surface area contributed by atoms with Crippen LogP contribution in [-0.4, -0.2) is 41.0 Å². The van der Waals surface area contributed by atoms with Crippen LogP contribution in [0, 0.1) is 6.92 Å². The van der Waals surface area contributed by atoms with Gasteiger partial charge in [-0.3, -0.25) is 9.59 Å². The zero-order valence-corrected chi connectivity index (χ0v) is 15.8. The van der Waals surface area contributed by atoms with Gasteiger partial charge in [0.25, 0.3) is 11.7 Å². The number of aliphatic hydroxyl groups is 1. The van der Waals surface area contributed by atoms with E-state index in [9.17, 15) is 14.7 Å². The number of rotatable bonds is 4. The summed E-state index contributed by atoms with van der Waals surface area (Å²) in [6.07, 6.45) is 1.73. The first kappa shape index (κ1) is 18.4. The van der Waals surface area contributed by atoms with Gasteiger partial charge in [0.15, 0.2) is 0 Å². The molecular formula is C23H23NO4. The minimum absolute atomic E-state index is 0.0806. The molecule has 0 radical (unpaired) electrons. The Morgan fingerprint density at radius 1 is 1.11 bits per heavy atom. The van der Waals surface area contributed by atoms with Crippen molar-refractivity contribution in [2.24, 2.45) is 0 Å². The lowest BCUT2D eigenvalue weighted by molar-refractivity contribution is -0.140. The van der Waals surface area contributed by atoms with Gasteiger partial charge < -0.3 is 14.7 Å². The molecule has 2 atom stereocenters. The maximum absolute atomic E-state index is 12.9. The number of amides is 1. The van der Waals surface area contributed by atoms with Crippen molar-refractivity contribution in [1.82, 2.24) is 4.90 Å². The van der Waals surface area contributed by atoms with Gasteiger partial charge >= 0.3 is 0 Å². The second-order valence-corrected chi connectivity index (χ2v) is 7.36. The third-order valence-electron chi connectivity index (χ3n) is 5.40. The van der Waals surface area contributed by atoms with Crippen LogP contribution in [0.4, 0.5) is 0 Å². The second kappa shape index (κ2) is 7.60. The van der Waals surface area contributed by atoms with E-state index in [-0.39, 0.29) is 17.4 Å². The number of likely N-dealkylation sites (tertiary alicyclic amines) is 1. The number of carbonyl (C=O) groups is 2. The van der Waals surface area contributed by atoms with E-state index in [1.165, 1.54) is 0 Å². The smallest absolute Gasteiger partial charge is 0.295 e. The normalized spacial score (nSPS) is 24.1. The summed E-state index contributed by atoms with van der Waals surface area (Å²) in [4.78, 5) is 27.3. The van der Waals surface area contributed by atoms with Crippen molar-refractivity contribution >= 4 is 17.4 Å². The van der Waals surface area contributed by atoms with E-state index in [1.54, 1.807) is 29.2 Å².